The number of likely N-dealkylation sites (tertiary alicyclic amines) is 1. The van der Waals surface area contributed by atoms with E-state index < -0.39 is 0 Å². The maximum absolute atomic E-state index is 12.0. The third kappa shape index (κ3) is 4.29. The summed E-state index contributed by atoms with van der Waals surface area (Å²) < 4.78 is 7.94. The van der Waals surface area contributed by atoms with Gasteiger partial charge in [0.05, 0.1) is 17.6 Å². The Morgan fingerprint density at radius 3 is 2.53 bits per heavy atom. The van der Waals surface area contributed by atoms with Gasteiger partial charge in [-0.2, -0.15) is 0 Å². The van der Waals surface area contributed by atoms with Crippen LogP contribution in [-0.4, -0.2) is 28.5 Å². The number of hydrogen-bond donors (Lipinski definition) is 0. The molecule has 0 N–H and O–H groups in total. The minimum Gasteiger partial charge on any atom is -0.463 e. The van der Waals surface area contributed by atoms with Crippen molar-refractivity contribution in [2.24, 2.45) is 4.99 Å². The van der Waals surface area contributed by atoms with E-state index in [1.54, 1.807) is 17.6 Å². The Hall–Kier alpha value is -2.60. The predicted molar refractivity (Wildman–Crippen MR) is 121 cm³/mol. The molecule has 2 aromatic heterocycles. The smallest absolute Gasteiger partial charge is 0.222 e. The van der Waals surface area contributed by atoms with Crippen LogP contribution in [0.2, 0.25) is 0 Å². The molecular formula is C24H29N3O2S. The summed E-state index contributed by atoms with van der Waals surface area (Å²) in [7, 11) is 0. The SMILES string of the molecule is CCc1cccc(CC)c1N=c1scc(-c2ccco2)n1CCCN1CCCC1=O. The topological polar surface area (TPSA) is 50.7 Å². The van der Waals surface area contributed by atoms with E-state index in [1.165, 1.54) is 11.1 Å². The van der Waals surface area contributed by atoms with Gasteiger partial charge in [-0.3, -0.25) is 4.79 Å². The van der Waals surface area contributed by atoms with Crippen LogP contribution in [-0.2, 0) is 24.2 Å². The Morgan fingerprint density at radius 1 is 1.10 bits per heavy atom. The second-order valence-corrected chi connectivity index (χ2v) is 8.45. The third-order valence-corrected chi connectivity index (χ3v) is 6.59. The van der Waals surface area contributed by atoms with Crippen LogP contribution in [0.1, 0.15) is 44.2 Å². The minimum atomic E-state index is 0.283. The van der Waals surface area contributed by atoms with Crippen molar-refractivity contribution in [2.45, 2.75) is 52.5 Å². The molecule has 1 fully saturated rings. The Kier molecular flexibility index (Phi) is 6.53. The van der Waals surface area contributed by atoms with Crippen LogP contribution in [0.5, 0.6) is 0 Å². The van der Waals surface area contributed by atoms with Crippen LogP contribution in [0.4, 0.5) is 5.69 Å². The molecule has 5 nitrogen and oxygen atoms in total. The molecule has 0 spiro atoms. The zero-order chi connectivity index (χ0) is 20.9. The molecule has 0 atom stereocenters. The number of carbonyl (C=O) groups excluding carboxylic acids is 1. The first-order chi connectivity index (χ1) is 14.7. The van der Waals surface area contributed by atoms with Crippen LogP contribution in [0, 0.1) is 0 Å². The van der Waals surface area contributed by atoms with E-state index in [4.69, 9.17) is 9.41 Å². The van der Waals surface area contributed by atoms with Crippen LogP contribution < -0.4 is 4.80 Å². The van der Waals surface area contributed by atoms with Gasteiger partial charge in [0.2, 0.25) is 5.91 Å². The van der Waals surface area contributed by atoms with Gasteiger partial charge in [0.1, 0.15) is 0 Å². The summed E-state index contributed by atoms with van der Waals surface area (Å²) in [6.07, 6.45) is 6.20. The Bertz CT molecular complexity index is 1040. The predicted octanol–water partition coefficient (Wildman–Crippen LogP) is 5.18. The molecule has 6 heteroatoms. The van der Waals surface area contributed by atoms with Gasteiger partial charge in [-0.25, -0.2) is 4.99 Å². The van der Waals surface area contributed by atoms with E-state index in [9.17, 15) is 4.79 Å². The average Bonchev–Trinajstić information content (AvgIpc) is 3.51. The second kappa shape index (κ2) is 9.47. The van der Waals surface area contributed by atoms with Crippen LogP contribution in [0.25, 0.3) is 11.5 Å². The second-order valence-electron chi connectivity index (χ2n) is 7.61. The largest absolute Gasteiger partial charge is 0.463 e. The van der Waals surface area contributed by atoms with E-state index in [2.05, 4.69) is 42.0 Å². The number of hydrogen-bond acceptors (Lipinski definition) is 4. The summed E-state index contributed by atoms with van der Waals surface area (Å²) >= 11 is 1.65. The van der Waals surface area contributed by atoms with E-state index >= 15 is 0 Å². The van der Waals surface area contributed by atoms with Gasteiger partial charge in [-0.05, 0) is 48.9 Å². The average molecular weight is 424 g/mol. The first kappa shape index (κ1) is 20.7. The van der Waals surface area contributed by atoms with Crippen molar-refractivity contribution < 1.29 is 9.21 Å². The van der Waals surface area contributed by atoms with Gasteiger partial charge in [0.25, 0.3) is 0 Å². The first-order valence-corrected chi connectivity index (χ1v) is 11.7. The summed E-state index contributed by atoms with van der Waals surface area (Å²) in [5, 5.41) is 2.12. The summed E-state index contributed by atoms with van der Waals surface area (Å²) in [5.41, 5.74) is 4.69. The highest BCUT2D eigenvalue weighted by Crippen LogP contribution is 2.27. The standard InChI is InChI=1S/C24H29N3O2S/c1-3-18-9-5-10-19(4-2)23(18)25-24-27(15-8-14-26-13-6-12-22(26)28)20(17-30-24)21-11-7-16-29-21/h5,7,9-11,16-17H,3-4,6,8,12-15H2,1-2H3. The number of rotatable bonds is 8. The maximum atomic E-state index is 12.0. The van der Waals surface area contributed by atoms with Crippen molar-refractivity contribution >= 4 is 22.9 Å². The van der Waals surface area contributed by atoms with E-state index in [1.807, 2.05) is 17.0 Å². The van der Waals surface area contributed by atoms with E-state index in [0.29, 0.717) is 6.42 Å². The zero-order valence-electron chi connectivity index (χ0n) is 17.8. The van der Waals surface area contributed by atoms with Crippen molar-refractivity contribution in [3.05, 3.63) is 57.9 Å². The fraction of sp³-hybridized carbons (Fsp3) is 0.417. The molecule has 1 aromatic carbocycles. The molecule has 1 aliphatic heterocycles. The molecule has 3 heterocycles. The van der Waals surface area contributed by atoms with E-state index in [0.717, 1.165) is 67.3 Å². The van der Waals surface area contributed by atoms with Crippen LogP contribution in [0.15, 0.2) is 51.4 Å². The number of para-hydroxylation sites is 1. The number of thiazole rings is 1. The van der Waals surface area contributed by atoms with Crippen molar-refractivity contribution in [2.75, 3.05) is 13.1 Å². The highest BCUT2D eigenvalue weighted by Gasteiger charge is 2.20. The van der Waals surface area contributed by atoms with Crippen molar-refractivity contribution in [1.82, 2.24) is 9.47 Å². The normalized spacial score (nSPS) is 14.8. The van der Waals surface area contributed by atoms with Gasteiger partial charge in [0, 0.05) is 31.4 Å². The molecule has 4 rings (SSSR count). The van der Waals surface area contributed by atoms with E-state index in [-0.39, 0.29) is 5.91 Å². The van der Waals surface area contributed by atoms with Gasteiger partial charge < -0.3 is 13.9 Å². The monoisotopic (exact) mass is 423 g/mol. The molecule has 0 bridgehead atoms. The molecule has 1 amide bonds. The molecule has 158 valence electrons. The van der Waals surface area contributed by atoms with Gasteiger partial charge in [-0.15, -0.1) is 11.3 Å². The van der Waals surface area contributed by atoms with Crippen molar-refractivity contribution in [1.29, 1.82) is 0 Å². The molecule has 0 saturated carbocycles. The van der Waals surface area contributed by atoms with Gasteiger partial charge in [0.15, 0.2) is 10.6 Å². The number of aromatic nitrogens is 1. The minimum absolute atomic E-state index is 0.283. The number of carbonyl (C=O) groups is 1. The Balaban J connectivity index is 1.70. The van der Waals surface area contributed by atoms with Crippen molar-refractivity contribution in [3.63, 3.8) is 0 Å². The summed E-state index contributed by atoms with van der Waals surface area (Å²) in [6, 6.07) is 10.4. The highest BCUT2D eigenvalue weighted by atomic mass is 32.1. The zero-order valence-corrected chi connectivity index (χ0v) is 18.6. The molecule has 0 radical (unpaired) electrons. The lowest BCUT2D eigenvalue weighted by Gasteiger charge is -2.16. The van der Waals surface area contributed by atoms with Crippen LogP contribution in [0.3, 0.4) is 0 Å². The van der Waals surface area contributed by atoms with Crippen LogP contribution >= 0.6 is 11.3 Å². The summed E-state index contributed by atoms with van der Waals surface area (Å²) in [4.78, 5) is 20.1. The van der Waals surface area contributed by atoms with Gasteiger partial charge in [-0.1, -0.05) is 32.0 Å². The molecular weight excluding hydrogens is 394 g/mol. The fourth-order valence-electron chi connectivity index (χ4n) is 4.07. The highest BCUT2D eigenvalue weighted by molar-refractivity contribution is 7.07. The first-order valence-electron chi connectivity index (χ1n) is 10.9. The molecule has 0 aliphatic carbocycles. The molecule has 0 unspecified atom stereocenters. The Morgan fingerprint density at radius 2 is 1.90 bits per heavy atom. The van der Waals surface area contributed by atoms with Gasteiger partial charge >= 0.3 is 0 Å². The van der Waals surface area contributed by atoms with Crippen molar-refractivity contribution in [3.8, 4) is 11.5 Å². The number of nitrogens with zero attached hydrogens (tertiary/aromatic N) is 3. The lowest BCUT2D eigenvalue weighted by molar-refractivity contribution is -0.127. The molecule has 1 saturated heterocycles. The molecule has 3 aromatic rings. The lowest BCUT2D eigenvalue weighted by atomic mass is 10.0. The molecule has 30 heavy (non-hydrogen) atoms. The third-order valence-electron chi connectivity index (χ3n) is 5.72. The Labute approximate surface area is 181 Å². The number of amides is 1. The molecule has 1 aliphatic rings. The maximum Gasteiger partial charge on any atom is 0.222 e. The number of benzene rings is 1. The number of furan rings is 1. The fourth-order valence-corrected chi connectivity index (χ4v) is 4.99. The number of aryl methyl sites for hydroxylation is 2. The quantitative estimate of drug-likeness (QED) is 0.501. The lowest BCUT2D eigenvalue weighted by Crippen LogP contribution is -2.27. The summed E-state index contributed by atoms with van der Waals surface area (Å²) in [5.74, 6) is 1.13. The summed E-state index contributed by atoms with van der Waals surface area (Å²) in [6.45, 7) is 6.84.